The van der Waals surface area contributed by atoms with Gasteiger partial charge in [0.25, 0.3) is 0 Å². The Morgan fingerprint density at radius 3 is 2.65 bits per heavy atom. The van der Waals surface area contributed by atoms with Crippen LogP contribution in [-0.4, -0.2) is 24.9 Å². The highest BCUT2D eigenvalue weighted by Gasteiger charge is 2.46. The van der Waals surface area contributed by atoms with Crippen molar-refractivity contribution in [2.45, 2.75) is 6.17 Å². The zero-order chi connectivity index (χ0) is 16.0. The SMILES string of the molecule is COc1ccc(N2c3ccccc3C(=O)C3C(N)=NNC32)cc1. The maximum absolute atomic E-state index is 12.7. The van der Waals surface area contributed by atoms with Crippen LogP contribution in [0.5, 0.6) is 5.75 Å². The first-order chi connectivity index (χ1) is 11.2. The standard InChI is InChI=1S/C17H16N4O2/c1-23-11-8-6-10(7-9-11)21-13-5-3-2-4-12(13)15(22)14-16(18)19-20-17(14)21/h2-9,14,17,20H,1H3,(H2,18,19). The van der Waals surface area contributed by atoms with Gasteiger partial charge in [-0.05, 0) is 36.4 Å². The molecule has 116 valence electrons. The van der Waals surface area contributed by atoms with Gasteiger partial charge >= 0.3 is 0 Å². The maximum Gasteiger partial charge on any atom is 0.179 e. The van der Waals surface area contributed by atoms with Gasteiger partial charge in [-0.25, -0.2) is 0 Å². The first kappa shape index (κ1) is 13.6. The number of anilines is 2. The normalized spacial score (nSPS) is 22.0. The summed E-state index contributed by atoms with van der Waals surface area (Å²) in [5.41, 5.74) is 11.4. The molecule has 0 aromatic heterocycles. The third-order valence-electron chi connectivity index (χ3n) is 4.30. The number of fused-ring (bicyclic) bond motifs is 2. The van der Waals surface area contributed by atoms with E-state index in [2.05, 4.69) is 15.4 Å². The second kappa shape index (κ2) is 5.01. The van der Waals surface area contributed by atoms with Gasteiger partial charge < -0.3 is 15.4 Å². The molecule has 4 rings (SSSR count). The van der Waals surface area contributed by atoms with Crippen LogP contribution in [-0.2, 0) is 0 Å². The molecular formula is C17H16N4O2. The highest BCUT2D eigenvalue weighted by Crippen LogP contribution is 2.40. The van der Waals surface area contributed by atoms with Gasteiger partial charge in [0, 0.05) is 11.3 Å². The number of nitrogens with zero attached hydrogens (tertiary/aromatic N) is 2. The van der Waals surface area contributed by atoms with E-state index in [4.69, 9.17) is 10.5 Å². The van der Waals surface area contributed by atoms with Crippen molar-refractivity contribution in [3.8, 4) is 5.75 Å². The van der Waals surface area contributed by atoms with E-state index >= 15 is 0 Å². The van der Waals surface area contributed by atoms with E-state index in [0.29, 0.717) is 11.4 Å². The third-order valence-corrected chi connectivity index (χ3v) is 4.30. The number of hydrogen-bond acceptors (Lipinski definition) is 6. The van der Waals surface area contributed by atoms with Crippen LogP contribution in [0.25, 0.3) is 0 Å². The number of nitrogens with one attached hydrogen (secondary N) is 1. The van der Waals surface area contributed by atoms with E-state index < -0.39 is 5.92 Å². The summed E-state index contributed by atoms with van der Waals surface area (Å²) in [6.07, 6.45) is -0.314. The summed E-state index contributed by atoms with van der Waals surface area (Å²) in [5, 5.41) is 4.08. The largest absolute Gasteiger partial charge is 0.497 e. The van der Waals surface area contributed by atoms with Crippen molar-refractivity contribution in [1.29, 1.82) is 0 Å². The summed E-state index contributed by atoms with van der Waals surface area (Å²) in [4.78, 5) is 14.8. The smallest absolute Gasteiger partial charge is 0.179 e. The molecule has 0 radical (unpaired) electrons. The average Bonchev–Trinajstić information content (AvgIpc) is 2.98. The van der Waals surface area contributed by atoms with Crippen LogP contribution in [0.1, 0.15) is 10.4 Å². The van der Waals surface area contributed by atoms with Crippen LogP contribution in [0.3, 0.4) is 0 Å². The fourth-order valence-corrected chi connectivity index (χ4v) is 3.18. The molecule has 2 aromatic carbocycles. The first-order valence-corrected chi connectivity index (χ1v) is 7.36. The molecule has 0 amide bonds. The fraction of sp³-hybridized carbons (Fsp3) is 0.176. The Kier molecular flexibility index (Phi) is 2.97. The highest BCUT2D eigenvalue weighted by atomic mass is 16.5. The van der Waals surface area contributed by atoms with E-state index in [0.717, 1.165) is 17.1 Å². The number of Topliss-reactive ketones (excluding diaryl/α,β-unsaturated/α-hetero) is 1. The Morgan fingerprint density at radius 1 is 1.17 bits per heavy atom. The van der Waals surface area contributed by atoms with Crippen molar-refractivity contribution in [2.24, 2.45) is 16.8 Å². The van der Waals surface area contributed by atoms with Gasteiger partial charge in [-0.1, -0.05) is 12.1 Å². The van der Waals surface area contributed by atoms with Crippen molar-refractivity contribution < 1.29 is 9.53 Å². The van der Waals surface area contributed by atoms with Gasteiger partial charge in [0.15, 0.2) is 5.78 Å². The molecule has 0 fully saturated rings. The molecule has 2 heterocycles. The summed E-state index contributed by atoms with van der Waals surface area (Å²) in [6.45, 7) is 0. The minimum atomic E-state index is -0.480. The molecule has 2 aromatic rings. The average molecular weight is 308 g/mol. The number of carbonyl (C=O) groups is 1. The molecule has 0 saturated carbocycles. The van der Waals surface area contributed by atoms with Crippen LogP contribution >= 0.6 is 0 Å². The van der Waals surface area contributed by atoms with Gasteiger partial charge in [0.05, 0.1) is 12.8 Å². The zero-order valence-corrected chi connectivity index (χ0v) is 12.6. The monoisotopic (exact) mass is 308 g/mol. The van der Waals surface area contributed by atoms with Gasteiger partial charge in [-0.3, -0.25) is 10.2 Å². The quantitative estimate of drug-likeness (QED) is 0.885. The maximum atomic E-state index is 12.7. The van der Waals surface area contributed by atoms with Crippen LogP contribution in [0.15, 0.2) is 53.6 Å². The first-order valence-electron chi connectivity index (χ1n) is 7.36. The molecule has 2 aliphatic heterocycles. The summed E-state index contributed by atoms with van der Waals surface area (Å²) >= 11 is 0. The number of carbonyl (C=O) groups excluding carboxylic acids is 1. The molecule has 23 heavy (non-hydrogen) atoms. The number of hydrazone groups is 1. The number of para-hydroxylation sites is 1. The van der Waals surface area contributed by atoms with E-state index in [1.165, 1.54) is 0 Å². The lowest BCUT2D eigenvalue weighted by Gasteiger charge is -2.38. The number of amidine groups is 1. The molecule has 0 saturated heterocycles. The second-order valence-corrected chi connectivity index (χ2v) is 5.54. The van der Waals surface area contributed by atoms with Crippen LogP contribution in [0.4, 0.5) is 11.4 Å². The molecule has 2 unspecified atom stereocenters. The van der Waals surface area contributed by atoms with Crippen LogP contribution in [0.2, 0.25) is 0 Å². The van der Waals surface area contributed by atoms with Crippen molar-refractivity contribution >= 4 is 23.0 Å². The molecule has 6 heteroatoms. The van der Waals surface area contributed by atoms with Crippen LogP contribution in [0, 0.1) is 5.92 Å². The Hall–Kier alpha value is -3.02. The molecule has 0 spiro atoms. The third kappa shape index (κ3) is 1.95. The molecule has 3 N–H and O–H groups in total. The predicted octanol–water partition coefficient (Wildman–Crippen LogP) is 1.85. The van der Waals surface area contributed by atoms with E-state index in [1.807, 2.05) is 48.5 Å². The Bertz CT molecular complexity index is 800. The second-order valence-electron chi connectivity index (χ2n) is 5.54. The van der Waals surface area contributed by atoms with Crippen molar-refractivity contribution in [2.75, 3.05) is 12.0 Å². The fourth-order valence-electron chi connectivity index (χ4n) is 3.18. The van der Waals surface area contributed by atoms with E-state index in [-0.39, 0.29) is 11.9 Å². The highest BCUT2D eigenvalue weighted by molar-refractivity contribution is 6.17. The number of ketones is 1. The number of benzene rings is 2. The lowest BCUT2D eigenvalue weighted by Crippen LogP contribution is -2.52. The van der Waals surface area contributed by atoms with Crippen molar-refractivity contribution in [1.82, 2.24) is 5.43 Å². The number of hydrogen-bond donors (Lipinski definition) is 2. The lowest BCUT2D eigenvalue weighted by atomic mass is 9.87. The van der Waals surface area contributed by atoms with Gasteiger partial charge in [-0.2, -0.15) is 5.10 Å². The number of rotatable bonds is 2. The zero-order valence-electron chi connectivity index (χ0n) is 12.6. The molecule has 0 bridgehead atoms. The van der Waals surface area contributed by atoms with E-state index in [1.54, 1.807) is 7.11 Å². The number of ether oxygens (including phenoxy) is 1. The van der Waals surface area contributed by atoms with Crippen molar-refractivity contribution in [3.63, 3.8) is 0 Å². The summed E-state index contributed by atoms with van der Waals surface area (Å²) < 4.78 is 5.22. The molecular weight excluding hydrogens is 292 g/mol. The number of nitrogens with two attached hydrogens (primary N) is 1. The van der Waals surface area contributed by atoms with Crippen molar-refractivity contribution in [3.05, 3.63) is 54.1 Å². The topological polar surface area (TPSA) is 80.0 Å². The molecule has 2 aliphatic rings. The molecule has 0 aliphatic carbocycles. The number of methoxy groups -OCH3 is 1. The summed E-state index contributed by atoms with van der Waals surface area (Å²) in [7, 11) is 1.63. The molecule has 2 atom stereocenters. The Balaban J connectivity index is 1.86. The van der Waals surface area contributed by atoms with Gasteiger partial charge in [0.1, 0.15) is 23.7 Å². The Labute approximate surface area is 133 Å². The van der Waals surface area contributed by atoms with Crippen LogP contribution < -0.4 is 20.8 Å². The van der Waals surface area contributed by atoms with Gasteiger partial charge in [0.2, 0.25) is 0 Å². The summed E-state index contributed by atoms with van der Waals surface area (Å²) in [5.74, 6) is 0.628. The predicted molar refractivity (Wildman–Crippen MR) is 87.9 cm³/mol. The lowest BCUT2D eigenvalue weighted by molar-refractivity contribution is 0.0933. The minimum absolute atomic E-state index is 0.00149. The Morgan fingerprint density at radius 2 is 1.91 bits per heavy atom. The summed E-state index contributed by atoms with van der Waals surface area (Å²) in [6, 6.07) is 15.2. The van der Waals surface area contributed by atoms with Gasteiger partial charge in [-0.15, -0.1) is 0 Å². The van der Waals surface area contributed by atoms with E-state index in [9.17, 15) is 4.79 Å². The minimum Gasteiger partial charge on any atom is -0.497 e. The molecule has 6 nitrogen and oxygen atoms in total.